The molecule has 3 rings (SSSR count). The molecule has 28 heavy (non-hydrogen) atoms. The molecule has 0 aromatic heterocycles. The van der Waals surface area contributed by atoms with E-state index in [1.54, 1.807) is 12.1 Å². The molecule has 0 aliphatic carbocycles. The number of ether oxygens (including phenoxy) is 2. The number of amides is 3. The van der Waals surface area contributed by atoms with Gasteiger partial charge in [0.25, 0.3) is 5.91 Å². The maximum absolute atomic E-state index is 12.6. The number of hydrogen-bond donors (Lipinski definition) is 2. The zero-order valence-corrected chi connectivity index (χ0v) is 15.4. The average molecular weight is 386 g/mol. The van der Waals surface area contributed by atoms with Gasteiger partial charge in [-0.3, -0.25) is 19.7 Å². The van der Waals surface area contributed by atoms with Crippen LogP contribution in [0.15, 0.2) is 18.2 Å². The third-order valence-corrected chi connectivity index (χ3v) is 4.54. The Hall–Kier alpha value is -2.73. The van der Waals surface area contributed by atoms with Crippen molar-refractivity contribution in [1.29, 1.82) is 0 Å². The van der Waals surface area contributed by atoms with E-state index in [0.717, 1.165) is 11.1 Å². The van der Waals surface area contributed by atoms with Crippen LogP contribution < -0.4 is 5.32 Å². The largest absolute Gasteiger partial charge is 0.394 e. The predicted molar refractivity (Wildman–Crippen MR) is 98.1 cm³/mol. The summed E-state index contributed by atoms with van der Waals surface area (Å²) in [5, 5.41) is 10.9. The van der Waals surface area contributed by atoms with E-state index in [4.69, 9.17) is 14.6 Å². The minimum atomic E-state index is -0.617. The van der Waals surface area contributed by atoms with Crippen molar-refractivity contribution in [2.24, 2.45) is 0 Å². The van der Waals surface area contributed by atoms with Crippen molar-refractivity contribution in [3.63, 3.8) is 0 Å². The molecular weight excluding hydrogens is 364 g/mol. The van der Waals surface area contributed by atoms with Crippen molar-refractivity contribution in [2.75, 3.05) is 33.0 Å². The number of nitrogens with zero attached hydrogens (tertiary/aromatic N) is 1. The van der Waals surface area contributed by atoms with Gasteiger partial charge in [-0.2, -0.15) is 0 Å². The van der Waals surface area contributed by atoms with Gasteiger partial charge in [-0.15, -0.1) is 0 Å². The van der Waals surface area contributed by atoms with E-state index in [-0.39, 0.29) is 31.4 Å². The second-order valence-corrected chi connectivity index (χ2v) is 6.46. The number of rotatable bonds is 7. The Labute approximate surface area is 162 Å². The lowest BCUT2D eigenvalue weighted by Gasteiger charge is -2.29. The number of fused-ring (bicyclic) bond motifs is 1. The van der Waals surface area contributed by atoms with Crippen LogP contribution in [0.2, 0.25) is 0 Å². The first-order valence-electron chi connectivity index (χ1n) is 9.13. The van der Waals surface area contributed by atoms with E-state index in [1.165, 1.54) is 4.90 Å². The highest BCUT2D eigenvalue weighted by molar-refractivity contribution is 6.05. The second kappa shape index (κ2) is 9.46. The average Bonchev–Trinajstić information content (AvgIpc) is 3.00. The van der Waals surface area contributed by atoms with Crippen LogP contribution in [0.3, 0.4) is 0 Å². The molecule has 2 heterocycles. The van der Waals surface area contributed by atoms with Crippen LogP contribution in [0.25, 0.3) is 0 Å². The smallest absolute Gasteiger partial charge is 0.255 e. The number of imide groups is 1. The summed E-state index contributed by atoms with van der Waals surface area (Å²) in [6.45, 7) is 1.66. The fourth-order valence-corrected chi connectivity index (χ4v) is 3.20. The molecule has 8 nitrogen and oxygen atoms in total. The zero-order chi connectivity index (χ0) is 19.9. The Morgan fingerprint density at radius 3 is 2.79 bits per heavy atom. The van der Waals surface area contributed by atoms with Gasteiger partial charge in [0.1, 0.15) is 12.6 Å². The van der Waals surface area contributed by atoms with E-state index < -0.39 is 11.9 Å². The number of carbonyl (C=O) groups is 3. The summed E-state index contributed by atoms with van der Waals surface area (Å²) in [6, 6.07) is 4.71. The molecule has 3 amide bonds. The van der Waals surface area contributed by atoms with Gasteiger partial charge in [-0.25, -0.2) is 0 Å². The van der Waals surface area contributed by atoms with Crippen molar-refractivity contribution in [2.45, 2.75) is 25.4 Å². The van der Waals surface area contributed by atoms with Gasteiger partial charge >= 0.3 is 0 Å². The molecule has 1 unspecified atom stereocenters. The second-order valence-electron chi connectivity index (χ2n) is 6.46. The van der Waals surface area contributed by atoms with Gasteiger partial charge in [-0.05, 0) is 30.2 Å². The highest BCUT2D eigenvalue weighted by Gasteiger charge is 2.38. The minimum Gasteiger partial charge on any atom is -0.394 e. The third kappa shape index (κ3) is 4.75. The number of carbonyl (C=O) groups excluding carboxylic acids is 3. The van der Waals surface area contributed by atoms with Crippen molar-refractivity contribution in [1.82, 2.24) is 10.2 Å². The summed E-state index contributed by atoms with van der Waals surface area (Å²) < 4.78 is 10.4. The lowest BCUT2D eigenvalue weighted by Crippen LogP contribution is -2.52. The monoisotopic (exact) mass is 386 g/mol. The van der Waals surface area contributed by atoms with Gasteiger partial charge in [0, 0.05) is 24.1 Å². The van der Waals surface area contributed by atoms with E-state index >= 15 is 0 Å². The highest BCUT2D eigenvalue weighted by atomic mass is 16.5. The van der Waals surface area contributed by atoms with Gasteiger partial charge in [0.15, 0.2) is 0 Å². The first-order valence-corrected chi connectivity index (χ1v) is 9.13. The Morgan fingerprint density at radius 1 is 1.18 bits per heavy atom. The van der Waals surface area contributed by atoms with Crippen LogP contribution >= 0.6 is 0 Å². The minimum absolute atomic E-state index is 0.0123. The van der Waals surface area contributed by atoms with E-state index in [1.807, 2.05) is 6.07 Å². The van der Waals surface area contributed by atoms with Gasteiger partial charge < -0.3 is 19.5 Å². The lowest BCUT2D eigenvalue weighted by atomic mass is 10.0. The first-order chi connectivity index (χ1) is 13.6. The molecule has 2 N–H and O–H groups in total. The summed E-state index contributed by atoms with van der Waals surface area (Å²) in [6.07, 6.45) is 0.578. The predicted octanol–water partition coefficient (Wildman–Crippen LogP) is -0.175. The van der Waals surface area contributed by atoms with E-state index in [2.05, 4.69) is 17.2 Å². The van der Waals surface area contributed by atoms with Gasteiger partial charge in [0.05, 0.1) is 26.4 Å². The standard InChI is InChI=1S/C20H22N2O6/c23-7-9-28-11-10-27-8-1-2-14-3-4-16-15(12-14)13-22(20(16)26)17-5-6-18(24)21-19(17)25/h3-4,12,17,23H,5-11,13H2,(H,21,24,25). The van der Waals surface area contributed by atoms with Crippen LogP contribution in [-0.4, -0.2) is 66.8 Å². The van der Waals surface area contributed by atoms with E-state index in [9.17, 15) is 14.4 Å². The third-order valence-electron chi connectivity index (χ3n) is 4.54. The zero-order valence-electron chi connectivity index (χ0n) is 15.4. The van der Waals surface area contributed by atoms with E-state index in [0.29, 0.717) is 38.3 Å². The maximum Gasteiger partial charge on any atom is 0.255 e. The molecule has 8 heteroatoms. The quantitative estimate of drug-likeness (QED) is 0.383. The molecular formula is C20H22N2O6. The fraction of sp³-hybridized carbons (Fsp3) is 0.450. The van der Waals surface area contributed by atoms with Crippen molar-refractivity contribution in [3.8, 4) is 11.8 Å². The number of piperidine rings is 1. The molecule has 2 aliphatic rings. The molecule has 1 fully saturated rings. The molecule has 0 saturated carbocycles. The maximum atomic E-state index is 12.6. The number of aliphatic hydroxyl groups is 1. The van der Waals surface area contributed by atoms with Crippen LogP contribution in [0.5, 0.6) is 0 Å². The van der Waals surface area contributed by atoms with Crippen LogP contribution in [0.1, 0.15) is 34.3 Å². The molecule has 1 saturated heterocycles. The van der Waals surface area contributed by atoms with Crippen molar-refractivity contribution < 1.29 is 29.0 Å². The van der Waals surface area contributed by atoms with Crippen molar-refractivity contribution >= 4 is 17.7 Å². The molecule has 148 valence electrons. The Balaban J connectivity index is 1.56. The van der Waals surface area contributed by atoms with Gasteiger partial charge in [0.2, 0.25) is 11.8 Å². The topological polar surface area (TPSA) is 105 Å². The highest BCUT2D eigenvalue weighted by Crippen LogP contribution is 2.28. The molecule has 1 aromatic carbocycles. The molecule has 2 aliphatic heterocycles. The summed E-state index contributed by atoms with van der Waals surface area (Å²) in [5.41, 5.74) is 2.14. The normalized spacial score (nSPS) is 18.5. The molecule has 1 aromatic rings. The molecule has 0 spiro atoms. The number of aliphatic hydroxyl groups excluding tert-OH is 1. The summed E-state index contributed by atoms with van der Waals surface area (Å²) in [5.74, 6) is 4.98. The summed E-state index contributed by atoms with van der Waals surface area (Å²) >= 11 is 0. The Bertz CT molecular complexity index is 826. The lowest BCUT2D eigenvalue weighted by molar-refractivity contribution is -0.136. The number of benzene rings is 1. The first kappa shape index (κ1) is 20.0. The Kier molecular flexibility index (Phi) is 6.76. The van der Waals surface area contributed by atoms with Crippen LogP contribution in [-0.2, 0) is 25.6 Å². The van der Waals surface area contributed by atoms with Crippen LogP contribution in [0.4, 0.5) is 0 Å². The molecule has 0 radical (unpaired) electrons. The van der Waals surface area contributed by atoms with Crippen LogP contribution in [0, 0.1) is 11.8 Å². The van der Waals surface area contributed by atoms with Gasteiger partial charge in [-0.1, -0.05) is 11.8 Å². The summed E-state index contributed by atoms with van der Waals surface area (Å²) in [7, 11) is 0. The fourth-order valence-electron chi connectivity index (χ4n) is 3.20. The van der Waals surface area contributed by atoms with Crippen molar-refractivity contribution in [3.05, 3.63) is 34.9 Å². The number of hydrogen-bond acceptors (Lipinski definition) is 6. The molecule has 0 bridgehead atoms. The molecule has 1 atom stereocenters. The SMILES string of the molecule is O=C1CCC(N2Cc3cc(C#CCOCCOCCO)ccc3C2=O)C(=O)N1. The number of nitrogens with one attached hydrogen (secondary N) is 1. The summed E-state index contributed by atoms with van der Waals surface area (Å²) in [4.78, 5) is 37.5. The Morgan fingerprint density at radius 2 is 2.00 bits per heavy atom.